The van der Waals surface area contributed by atoms with Crippen molar-refractivity contribution in [3.8, 4) is 17.2 Å². The van der Waals surface area contributed by atoms with E-state index in [1.165, 1.54) is 0 Å². The molecule has 2 rings (SSSR count). The van der Waals surface area contributed by atoms with E-state index < -0.39 is 0 Å². The summed E-state index contributed by atoms with van der Waals surface area (Å²) in [7, 11) is 3.27. The van der Waals surface area contributed by atoms with Crippen LogP contribution in [0.4, 0.5) is 0 Å². The minimum absolute atomic E-state index is 0.662. The first-order chi connectivity index (χ1) is 8.71. The van der Waals surface area contributed by atoms with Crippen molar-refractivity contribution in [2.75, 3.05) is 14.2 Å². The van der Waals surface area contributed by atoms with Gasteiger partial charge in [-0.1, -0.05) is 6.92 Å². The summed E-state index contributed by atoms with van der Waals surface area (Å²) < 4.78 is 13.2. The van der Waals surface area contributed by atoms with Crippen molar-refractivity contribution in [1.82, 2.24) is 9.55 Å². The van der Waals surface area contributed by atoms with E-state index in [4.69, 9.17) is 21.7 Å². The normalized spacial score (nSPS) is 10.4. The van der Waals surface area contributed by atoms with E-state index in [9.17, 15) is 0 Å². The maximum Gasteiger partial charge on any atom is 0.182 e. The summed E-state index contributed by atoms with van der Waals surface area (Å²) in [6.45, 7) is 2.09. The van der Waals surface area contributed by atoms with Gasteiger partial charge >= 0.3 is 0 Å². The Bertz CT molecular complexity index is 601. The molecule has 1 heterocycles. The number of methoxy groups -OCH3 is 2. The minimum Gasteiger partial charge on any atom is -0.497 e. The highest BCUT2D eigenvalue weighted by Crippen LogP contribution is 2.29. The smallest absolute Gasteiger partial charge is 0.182 e. The third kappa shape index (κ3) is 2.13. The molecule has 0 aliphatic rings. The van der Waals surface area contributed by atoms with E-state index in [0.29, 0.717) is 4.77 Å². The van der Waals surface area contributed by atoms with Gasteiger partial charge < -0.3 is 14.5 Å². The van der Waals surface area contributed by atoms with Gasteiger partial charge in [-0.05, 0) is 30.8 Å². The van der Waals surface area contributed by atoms with Crippen LogP contribution in [-0.2, 0) is 6.42 Å². The van der Waals surface area contributed by atoms with Crippen molar-refractivity contribution in [2.45, 2.75) is 13.3 Å². The van der Waals surface area contributed by atoms with Gasteiger partial charge in [0.25, 0.3) is 0 Å². The SMILES string of the molecule is CCc1c[nH]c(=S)n1-c1ccc(OC)cc1OC. The predicted molar refractivity (Wildman–Crippen MR) is 73.4 cm³/mol. The Kier molecular flexibility index (Phi) is 3.72. The number of aryl methyl sites for hydroxylation is 1. The van der Waals surface area contributed by atoms with Gasteiger partial charge in [0.05, 0.1) is 19.9 Å². The van der Waals surface area contributed by atoms with Crippen molar-refractivity contribution in [3.63, 3.8) is 0 Å². The van der Waals surface area contributed by atoms with Gasteiger partial charge in [0, 0.05) is 18.0 Å². The molecule has 1 aromatic heterocycles. The third-order valence-electron chi connectivity index (χ3n) is 2.84. The van der Waals surface area contributed by atoms with Gasteiger partial charge in [-0.15, -0.1) is 0 Å². The lowest BCUT2D eigenvalue weighted by Crippen LogP contribution is -2.02. The second kappa shape index (κ2) is 5.27. The average Bonchev–Trinajstić information content (AvgIpc) is 2.78. The molecule has 0 amide bonds. The Morgan fingerprint density at radius 1 is 1.28 bits per heavy atom. The molecular weight excluding hydrogens is 248 g/mol. The number of rotatable bonds is 4. The summed E-state index contributed by atoms with van der Waals surface area (Å²) in [5, 5.41) is 0. The molecule has 18 heavy (non-hydrogen) atoms. The van der Waals surface area contributed by atoms with E-state index in [2.05, 4.69) is 11.9 Å². The topological polar surface area (TPSA) is 39.2 Å². The number of hydrogen-bond acceptors (Lipinski definition) is 3. The lowest BCUT2D eigenvalue weighted by atomic mass is 10.2. The molecule has 0 spiro atoms. The molecule has 4 nitrogen and oxygen atoms in total. The van der Waals surface area contributed by atoms with Gasteiger partial charge in [-0.25, -0.2) is 0 Å². The van der Waals surface area contributed by atoms with Gasteiger partial charge in [0.2, 0.25) is 0 Å². The van der Waals surface area contributed by atoms with Gasteiger partial charge in [-0.3, -0.25) is 4.57 Å². The second-order valence-corrected chi connectivity index (χ2v) is 4.20. The molecule has 0 fully saturated rings. The lowest BCUT2D eigenvalue weighted by Gasteiger charge is -2.13. The zero-order valence-electron chi connectivity index (χ0n) is 10.7. The molecule has 0 saturated carbocycles. The summed E-state index contributed by atoms with van der Waals surface area (Å²) in [5.74, 6) is 1.50. The quantitative estimate of drug-likeness (QED) is 0.862. The zero-order chi connectivity index (χ0) is 13.1. The molecule has 1 aromatic carbocycles. The van der Waals surface area contributed by atoms with Crippen LogP contribution >= 0.6 is 12.2 Å². The van der Waals surface area contributed by atoms with Crippen LogP contribution in [0, 0.1) is 4.77 Å². The third-order valence-corrected chi connectivity index (χ3v) is 3.14. The molecule has 0 unspecified atom stereocenters. The predicted octanol–water partition coefficient (Wildman–Crippen LogP) is 3.11. The van der Waals surface area contributed by atoms with Gasteiger partial charge in [0.15, 0.2) is 4.77 Å². The number of aromatic nitrogens is 2. The molecule has 0 radical (unpaired) electrons. The Morgan fingerprint density at radius 3 is 2.67 bits per heavy atom. The number of benzene rings is 1. The monoisotopic (exact) mass is 264 g/mol. The van der Waals surface area contributed by atoms with E-state index in [0.717, 1.165) is 29.3 Å². The Balaban J connectivity index is 2.63. The molecule has 0 saturated heterocycles. The molecule has 0 aliphatic heterocycles. The fourth-order valence-corrected chi connectivity index (χ4v) is 2.17. The summed E-state index contributed by atoms with van der Waals surface area (Å²) in [4.78, 5) is 3.06. The van der Waals surface area contributed by atoms with E-state index in [1.54, 1.807) is 14.2 Å². The van der Waals surface area contributed by atoms with Crippen LogP contribution in [-0.4, -0.2) is 23.8 Å². The first kappa shape index (κ1) is 12.7. The fourth-order valence-electron chi connectivity index (χ4n) is 1.90. The molecule has 0 aliphatic carbocycles. The number of ether oxygens (including phenoxy) is 2. The number of hydrogen-bond donors (Lipinski definition) is 1. The Hall–Kier alpha value is -1.75. The van der Waals surface area contributed by atoms with Crippen LogP contribution in [0.3, 0.4) is 0 Å². The first-order valence-corrected chi connectivity index (χ1v) is 6.13. The first-order valence-electron chi connectivity index (χ1n) is 5.73. The number of aromatic amines is 1. The maximum absolute atomic E-state index is 5.41. The van der Waals surface area contributed by atoms with Crippen LogP contribution in [0.25, 0.3) is 5.69 Å². The van der Waals surface area contributed by atoms with Crippen molar-refractivity contribution in [3.05, 3.63) is 34.9 Å². The van der Waals surface area contributed by atoms with Gasteiger partial charge in [-0.2, -0.15) is 0 Å². The van der Waals surface area contributed by atoms with E-state index >= 15 is 0 Å². The zero-order valence-corrected chi connectivity index (χ0v) is 11.5. The van der Waals surface area contributed by atoms with Crippen molar-refractivity contribution in [1.29, 1.82) is 0 Å². The summed E-state index contributed by atoms with van der Waals surface area (Å²) >= 11 is 5.31. The van der Waals surface area contributed by atoms with Crippen LogP contribution < -0.4 is 9.47 Å². The average molecular weight is 264 g/mol. The minimum atomic E-state index is 0.662. The molecular formula is C13H16N2O2S. The van der Waals surface area contributed by atoms with Crippen molar-refractivity contribution >= 4 is 12.2 Å². The summed E-state index contributed by atoms with van der Waals surface area (Å²) in [6.07, 6.45) is 2.81. The molecule has 0 atom stereocenters. The van der Waals surface area contributed by atoms with E-state index in [1.807, 2.05) is 29.0 Å². The summed E-state index contributed by atoms with van der Waals surface area (Å²) in [6, 6.07) is 5.69. The van der Waals surface area contributed by atoms with Crippen LogP contribution in [0.5, 0.6) is 11.5 Å². The number of nitrogens with zero attached hydrogens (tertiary/aromatic N) is 1. The number of H-pyrrole nitrogens is 1. The molecule has 2 aromatic rings. The van der Waals surface area contributed by atoms with Gasteiger partial charge in [0.1, 0.15) is 11.5 Å². The standard InChI is InChI=1S/C13H16N2O2S/c1-4-9-8-14-13(18)15(9)11-6-5-10(16-2)7-12(11)17-3/h5-8H,4H2,1-3H3,(H,14,18). The Morgan fingerprint density at radius 2 is 2.06 bits per heavy atom. The Labute approximate surface area is 111 Å². The van der Waals surface area contributed by atoms with E-state index in [-0.39, 0.29) is 0 Å². The van der Waals surface area contributed by atoms with Crippen LogP contribution in [0.2, 0.25) is 0 Å². The summed E-state index contributed by atoms with van der Waals surface area (Å²) in [5.41, 5.74) is 2.03. The maximum atomic E-state index is 5.41. The largest absolute Gasteiger partial charge is 0.497 e. The molecule has 0 bridgehead atoms. The highest BCUT2D eigenvalue weighted by Gasteiger charge is 2.11. The lowest BCUT2D eigenvalue weighted by molar-refractivity contribution is 0.393. The van der Waals surface area contributed by atoms with Crippen molar-refractivity contribution < 1.29 is 9.47 Å². The molecule has 96 valence electrons. The molecule has 5 heteroatoms. The second-order valence-electron chi connectivity index (χ2n) is 3.81. The number of imidazole rings is 1. The molecule has 1 N–H and O–H groups in total. The van der Waals surface area contributed by atoms with Crippen molar-refractivity contribution in [2.24, 2.45) is 0 Å². The highest BCUT2D eigenvalue weighted by molar-refractivity contribution is 7.71. The van der Waals surface area contributed by atoms with Crippen LogP contribution in [0.1, 0.15) is 12.6 Å². The highest BCUT2D eigenvalue weighted by atomic mass is 32.1. The van der Waals surface area contributed by atoms with Crippen LogP contribution in [0.15, 0.2) is 24.4 Å². The number of nitrogens with one attached hydrogen (secondary N) is 1. The fraction of sp³-hybridized carbons (Fsp3) is 0.308.